The lowest BCUT2D eigenvalue weighted by molar-refractivity contribution is 1.08. The van der Waals surface area contributed by atoms with E-state index in [1.54, 1.807) is 0 Å². The smallest absolute Gasteiger partial charge is 0.165 e. The minimum atomic E-state index is 0.660. The number of thiophene rings is 2. The van der Waals surface area contributed by atoms with Gasteiger partial charge in [0, 0.05) is 62.4 Å². The highest BCUT2D eigenvalue weighted by atomic mass is 32.1. The van der Waals surface area contributed by atoms with Crippen LogP contribution in [-0.2, 0) is 0 Å². The summed E-state index contributed by atoms with van der Waals surface area (Å²) in [6.07, 6.45) is 0. The Morgan fingerprint density at radius 2 is 0.862 bits per heavy atom. The van der Waals surface area contributed by atoms with Gasteiger partial charge in [0.25, 0.3) is 0 Å². The summed E-state index contributed by atoms with van der Waals surface area (Å²) in [5.74, 6) is 2.01. The summed E-state index contributed by atoms with van der Waals surface area (Å²) in [5, 5.41) is 17.3. The first-order valence-electron chi connectivity index (χ1n) is 19.5. The van der Waals surface area contributed by atoms with Crippen LogP contribution in [0.3, 0.4) is 0 Å². The van der Waals surface area contributed by atoms with Crippen molar-refractivity contribution in [3.63, 3.8) is 0 Å². The molecule has 13 aromatic rings. The molecule has 0 bridgehead atoms. The highest BCUT2D eigenvalue weighted by molar-refractivity contribution is 7.27. The number of benzene rings is 10. The van der Waals surface area contributed by atoms with Crippen LogP contribution in [-0.4, -0.2) is 15.0 Å². The number of fused-ring (bicyclic) bond motifs is 15. The lowest BCUT2D eigenvalue weighted by atomic mass is 9.92. The summed E-state index contributed by atoms with van der Waals surface area (Å²) in [6, 6.07) is 63.5. The molecule has 0 saturated carbocycles. The van der Waals surface area contributed by atoms with Gasteiger partial charge in [-0.15, -0.1) is 22.7 Å². The number of aromatic nitrogens is 3. The minimum Gasteiger partial charge on any atom is -0.208 e. The molecule has 0 atom stereocenters. The Labute approximate surface area is 340 Å². The fourth-order valence-corrected chi connectivity index (χ4v) is 11.8. The molecule has 0 aliphatic rings. The Bertz CT molecular complexity index is 3830. The van der Waals surface area contributed by atoms with Crippen LogP contribution in [0.1, 0.15) is 0 Å². The fraction of sp³-hybridized carbons (Fsp3) is 0. The predicted octanol–water partition coefficient (Wildman–Crippen LogP) is 15.4. The Kier molecular flexibility index (Phi) is 6.76. The number of hydrogen-bond donors (Lipinski definition) is 0. The van der Waals surface area contributed by atoms with Crippen LogP contribution in [0.15, 0.2) is 176 Å². The molecule has 0 fully saturated rings. The first kappa shape index (κ1) is 32.1. The van der Waals surface area contributed by atoms with Crippen LogP contribution < -0.4 is 0 Å². The number of hydrogen-bond acceptors (Lipinski definition) is 5. The molecule has 3 aromatic heterocycles. The quantitative estimate of drug-likeness (QED) is 0.168. The molecule has 0 amide bonds. The Morgan fingerprint density at radius 1 is 0.310 bits per heavy atom. The van der Waals surface area contributed by atoms with Crippen LogP contribution >= 0.6 is 22.7 Å². The molecule has 268 valence electrons. The molecule has 0 radical (unpaired) electrons. The molecule has 58 heavy (non-hydrogen) atoms. The zero-order valence-electron chi connectivity index (χ0n) is 30.9. The average molecular weight is 772 g/mol. The third-order valence-electron chi connectivity index (χ3n) is 11.9. The highest BCUT2D eigenvalue weighted by Gasteiger charge is 2.23. The van der Waals surface area contributed by atoms with E-state index in [4.69, 9.17) is 15.0 Å². The maximum absolute atomic E-state index is 5.50. The van der Waals surface area contributed by atoms with Crippen molar-refractivity contribution >= 4 is 117 Å². The van der Waals surface area contributed by atoms with E-state index < -0.39 is 0 Å². The van der Waals surface area contributed by atoms with Gasteiger partial charge in [-0.3, -0.25) is 0 Å². The molecule has 5 heteroatoms. The van der Waals surface area contributed by atoms with E-state index in [2.05, 4.69) is 170 Å². The summed E-state index contributed by atoms with van der Waals surface area (Å²) in [7, 11) is 0. The molecular weight excluding hydrogens is 743 g/mol. The Balaban J connectivity index is 1.15. The molecule has 3 heterocycles. The Morgan fingerprint density at radius 3 is 1.66 bits per heavy atom. The predicted molar refractivity (Wildman–Crippen MR) is 249 cm³/mol. The fourth-order valence-electron chi connectivity index (χ4n) is 9.26. The summed E-state index contributed by atoms with van der Waals surface area (Å²) < 4.78 is 4.94. The van der Waals surface area contributed by atoms with Gasteiger partial charge in [0.05, 0.1) is 0 Å². The molecule has 0 unspecified atom stereocenters. The maximum Gasteiger partial charge on any atom is 0.165 e. The second-order valence-corrected chi connectivity index (χ2v) is 17.2. The highest BCUT2D eigenvalue weighted by Crippen LogP contribution is 2.49. The van der Waals surface area contributed by atoms with Gasteiger partial charge >= 0.3 is 0 Å². The van der Waals surface area contributed by atoms with E-state index >= 15 is 0 Å². The molecule has 0 spiro atoms. The monoisotopic (exact) mass is 771 g/mol. The van der Waals surface area contributed by atoms with Gasteiger partial charge in [0.2, 0.25) is 0 Å². The average Bonchev–Trinajstić information content (AvgIpc) is 3.85. The van der Waals surface area contributed by atoms with Crippen molar-refractivity contribution in [3.8, 4) is 34.2 Å². The van der Waals surface area contributed by atoms with E-state index in [9.17, 15) is 0 Å². The summed E-state index contributed by atoms with van der Waals surface area (Å²) in [4.78, 5) is 16.2. The second kappa shape index (κ2) is 12.2. The maximum atomic E-state index is 5.50. The van der Waals surface area contributed by atoms with Crippen molar-refractivity contribution in [3.05, 3.63) is 176 Å². The molecule has 10 aromatic carbocycles. The van der Waals surface area contributed by atoms with Crippen LogP contribution in [0.2, 0.25) is 0 Å². The number of nitrogens with zero attached hydrogens (tertiary/aromatic N) is 3. The van der Waals surface area contributed by atoms with E-state index in [-0.39, 0.29) is 0 Å². The van der Waals surface area contributed by atoms with Gasteiger partial charge in [-0.1, -0.05) is 152 Å². The summed E-state index contributed by atoms with van der Waals surface area (Å²) in [5.41, 5.74) is 3.01. The molecule has 0 aliphatic heterocycles. The lowest BCUT2D eigenvalue weighted by Gasteiger charge is -2.13. The zero-order valence-corrected chi connectivity index (χ0v) is 32.5. The van der Waals surface area contributed by atoms with Crippen molar-refractivity contribution in [2.75, 3.05) is 0 Å². The molecule has 0 N–H and O–H groups in total. The van der Waals surface area contributed by atoms with Gasteiger partial charge < -0.3 is 0 Å². The standard InChI is InChI=1S/C53H29N3S2/c1-2-13-30(14-3-1)51-54-52(42-24-12-23-40-43-27-31-15-4-5-16-32(31)28-44(43)57-49(40)42)56-53(55-51)48-34-18-7-6-17-33(34)29-45-47(48)41-26-25-39-37-21-9-8-19-35(37)36-20-10-11-22-38(36)46(39)50(41)58-45/h1-29H. The lowest BCUT2D eigenvalue weighted by Crippen LogP contribution is -2.01. The minimum absolute atomic E-state index is 0.660. The van der Waals surface area contributed by atoms with Crippen molar-refractivity contribution in [1.82, 2.24) is 15.0 Å². The number of rotatable bonds is 3. The van der Waals surface area contributed by atoms with Gasteiger partial charge in [-0.05, 0) is 72.7 Å². The van der Waals surface area contributed by atoms with Crippen molar-refractivity contribution in [2.45, 2.75) is 0 Å². The molecule has 0 aliphatic carbocycles. The Hall–Kier alpha value is -7.05. The van der Waals surface area contributed by atoms with Crippen LogP contribution in [0, 0.1) is 0 Å². The van der Waals surface area contributed by atoms with Crippen LogP contribution in [0.5, 0.6) is 0 Å². The first-order valence-corrected chi connectivity index (χ1v) is 21.1. The molecule has 13 rings (SSSR count). The normalized spacial score (nSPS) is 12.1. The van der Waals surface area contributed by atoms with Crippen molar-refractivity contribution in [1.29, 1.82) is 0 Å². The summed E-state index contributed by atoms with van der Waals surface area (Å²) in [6.45, 7) is 0. The van der Waals surface area contributed by atoms with E-state index in [1.807, 2.05) is 28.7 Å². The van der Waals surface area contributed by atoms with Crippen molar-refractivity contribution < 1.29 is 0 Å². The van der Waals surface area contributed by atoms with E-state index in [1.165, 1.54) is 83.4 Å². The van der Waals surface area contributed by atoms with Gasteiger partial charge in [-0.2, -0.15) is 0 Å². The van der Waals surface area contributed by atoms with Gasteiger partial charge in [0.15, 0.2) is 17.5 Å². The zero-order chi connectivity index (χ0) is 37.9. The van der Waals surface area contributed by atoms with E-state index in [0.29, 0.717) is 17.5 Å². The largest absolute Gasteiger partial charge is 0.208 e. The van der Waals surface area contributed by atoms with Gasteiger partial charge in [-0.25, -0.2) is 15.0 Å². The topological polar surface area (TPSA) is 38.7 Å². The molecule has 0 saturated heterocycles. The third-order valence-corrected chi connectivity index (χ3v) is 14.2. The molecular formula is C53H29N3S2. The van der Waals surface area contributed by atoms with E-state index in [0.717, 1.165) is 27.5 Å². The van der Waals surface area contributed by atoms with Crippen LogP contribution in [0.25, 0.3) is 128 Å². The molecule has 3 nitrogen and oxygen atoms in total. The third kappa shape index (κ3) is 4.63. The summed E-state index contributed by atoms with van der Waals surface area (Å²) >= 11 is 3.69. The van der Waals surface area contributed by atoms with Gasteiger partial charge in [0.1, 0.15) is 0 Å². The van der Waals surface area contributed by atoms with Crippen LogP contribution in [0.4, 0.5) is 0 Å². The SMILES string of the molecule is c1ccc(-c2nc(-c3cccc4c3sc3cc5ccccc5cc34)nc(-c3c4ccccc4cc4sc5c(ccc6c7ccccc7c7ccccc7c65)c34)n2)cc1. The van der Waals surface area contributed by atoms with Crippen molar-refractivity contribution in [2.24, 2.45) is 0 Å². The first-order chi connectivity index (χ1) is 28.7. The second-order valence-electron chi connectivity index (χ2n) is 15.1.